The molecule has 0 bridgehead atoms. The summed E-state index contributed by atoms with van der Waals surface area (Å²) in [5.41, 5.74) is 2.97. The van der Waals surface area contributed by atoms with Crippen LogP contribution in [0.1, 0.15) is 29.3 Å². The van der Waals surface area contributed by atoms with Gasteiger partial charge in [0.15, 0.2) is 5.78 Å². The number of nitrogen functional groups attached to an aromatic ring is 1. The SMILES string of the molecule is CCCn1c(N)c(C(=O)CSc2cccc(C(F)(F)F)c2)c(=O)[nH]c1=O. The lowest BCUT2D eigenvalue weighted by molar-refractivity contribution is -0.137. The van der Waals surface area contributed by atoms with Gasteiger partial charge in [0.05, 0.1) is 11.3 Å². The summed E-state index contributed by atoms with van der Waals surface area (Å²) in [5, 5.41) is 0. The van der Waals surface area contributed by atoms with E-state index in [4.69, 9.17) is 5.73 Å². The summed E-state index contributed by atoms with van der Waals surface area (Å²) in [5.74, 6) is -1.20. The van der Waals surface area contributed by atoms with E-state index in [2.05, 4.69) is 0 Å². The van der Waals surface area contributed by atoms with Crippen molar-refractivity contribution in [3.63, 3.8) is 0 Å². The lowest BCUT2D eigenvalue weighted by atomic mass is 10.2. The van der Waals surface area contributed by atoms with Gasteiger partial charge in [-0.05, 0) is 24.6 Å². The molecule has 10 heteroatoms. The minimum Gasteiger partial charge on any atom is -0.384 e. The highest BCUT2D eigenvalue weighted by Crippen LogP contribution is 2.32. The summed E-state index contributed by atoms with van der Waals surface area (Å²) in [6.45, 7) is 2.02. The molecule has 0 aliphatic heterocycles. The molecule has 0 atom stereocenters. The predicted octanol–water partition coefficient (Wildman–Crippen LogP) is 2.52. The Kier molecular flexibility index (Phi) is 5.96. The van der Waals surface area contributed by atoms with E-state index >= 15 is 0 Å². The lowest BCUT2D eigenvalue weighted by Gasteiger charge is -2.11. The Hall–Kier alpha value is -2.49. The van der Waals surface area contributed by atoms with Crippen molar-refractivity contribution in [2.24, 2.45) is 0 Å². The van der Waals surface area contributed by atoms with Crippen molar-refractivity contribution in [1.82, 2.24) is 9.55 Å². The van der Waals surface area contributed by atoms with E-state index in [1.165, 1.54) is 12.1 Å². The summed E-state index contributed by atoms with van der Waals surface area (Å²) < 4.78 is 39.3. The number of halogens is 3. The molecule has 6 nitrogen and oxygen atoms in total. The Balaban J connectivity index is 2.25. The number of hydrogen-bond acceptors (Lipinski definition) is 5. The largest absolute Gasteiger partial charge is 0.416 e. The Bertz CT molecular complexity index is 935. The molecule has 0 saturated carbocycles. The number of H-pyrrole nitrogens is 1. The maximum atomic E-state index is 12.7. The second kappa shape index (κ2) is 7.81. The highest BCUT2D eigenvalue weighted by molar-refractivity contribution is 8.00. The molecule has 0 aliphatic carbocycles. The number of hydrogen-bond donors (Lipinski definition) is 2. The Morgan fingerprint density at radius 2 is 2.00 bits per heavy atom. The molecule has 3 N–H and O–H groups in total. The number of aromatic amines is 1. The predicted molar refractivity (Wildman–Crippen MR) is 92.5 cm³/mol. The second-order valence-corrected chi connectivity index (χ2v) is 6.46. The first-order chi connectivity index (χ1) is 12.1. The molecule has 0 radical (unpaired) electrons. The third-order valence-corrected chi connectivity index (χ3v) is 4.49. The molecule has 1 aromatic heterocycles. The van der Waals surface area contributed by atoms with Gasteiger partial charge in [-0.25, -0.2) is 4.79 Å². The molecule has 0 amide bonds. The van der Waals surface area contributed by atoms with Crippen LogP contribution < -0.4 is 17.0 Å². The number of aromatic nitrogens is 2. The van der Waals surface area contributed by atoms with Crippen LogP contribution in [0.5, 0.6) is 0 Å². The number of carbonyl (C=O) groups excluding carboxylic acids is 1. The zero-order valence-electron chi connectivity index (χ0n) is 13.7. The molecule has 26 heavy (non-hydrogen) atoms. The number of carbonyl (C=O) groups is 1. The highest BCUT2D eigenvalue weighted by Gasteiger charge is 2.30. The van der Waals surface area contributed by atoms with E-state index in [9.17, 15) is 27.6 Å². The van der Waals surface area contributed by atoms with Crippen molar-refractivity contribution >= 4 is 23.4 Å². The van der Waals surface area contributed by atoms with Crippen LogP contribution in [-0.4, -0.2) is 21.1 Å². The molecule has 0 spiro atoms. The summed E-state index contributed by atoms with van der Waals surface area (Å²) in [4.78, 5) is 38.3. The maximum Gasteiger partial charge on any atom is 0.416 e. The quantitative estimate of drug-likeness (QED) is 0.586. The molecule has 2 aromatic rings. The number of alkyl halides is 3. The summed E-state index contributed by atoms with van der Waals surface area (Å²) in [6, 6.07) is 4.51. The topological polar surface area (TPSA) is 97.9 Å². The number of nitrogens with zero attached hydrogens (tertiary/aromatic N) is 1. The first-order valence-corrected chi connectivity index (χ1v) is 8.59. The smallest absolute Gasteiger partial charge is 0.384 e. The molecule has 0 saturated heterocycles. The van der Waals surface area contributed by atoms with Crippen LogP contribution in [0.15, 0.2) is 38.8 Å². The van der Waals surface area contributed by atoms with Crippen molar-refractivity contribution in [3.05, 3.63) is 56.2 Å². The monoisotopic (exact) mass is 387 g/mol. The van der Waals surface area contributed by atoms with Gasteiger partial charge in [0.25, 0.3) is 5.56 Å². The van der Waals surface area contributed by atoms with E-state index in [0.29, 0.717) is 6.42 Å². The zero-order chi connectivity index (χ0) is 19.5. The third-order valence-electron chi connectivity index (χ3n) is 3.50. The van der Waals surface area contributed by atoms with Crippen molar-refractivity contribution in [2.75, 3.05) is 11.5 Å². The van der Waals surface area contributed by atoms with Gasteiger partial charge >= 0.3 is 11.9 Å². The average Bonchev–Trinajstić information content (AvgIpc) is 2.56. The maximum absolute atomic E-state index is 12.7. The van der Waals surface area contributed by atoms with E-state index in [1.807, 2.05) is 4.98 Å². The van der Waals surface area contributed by atoms with Crippen molar-refractivity contribution in [1.29, 1.82) is 0 Å². The molecule has 140 valence electrons. The summed E-state index contributed by atoms with van der Waals surface area (Å²) in [6.07, 6.45) is -3.93. The first-order valence-electron chi connectivity index (χ1n) is 7.61. The van der Waals surface area contributed by atoms with Gasteiger partial charge < -0.3 is 5.73 Å². The minimum absolute atomic E-state index is 0.225. The Labute approximate surface area is 150 Å². The number of nitrogens with two attached hydrogens (primary N) is 1. The average molecular weight is 387 g/mol. The van der Waals surface area contributed by atoms with Crippen LogP contribution in [0.2, 0.25) is 0 Å². The first kappa shape index (κ1) is 19.8. The number of nitrogens with one attached hydrogen (secondary N) is 1. The van der Waals surface area contributed by atoms with Crippen LogP contribution >= 0.6 is 11.8 Å². The van der Waals surface area contributed by atoms with Gasteiger partial charge in [-0.15, -0.1) is 11.8 Å². The standard InChI is InChI=1S/C16H16F3N3O3S/c1-2-6-22-13(20)12(14(24)21-15(22)25)11(23)8-26-10-5-3-4-9(7-10)16(17,18)19/h3-5,7H,2,6,8,20H2,1H3,(H,21,24,25). The fraction of sp³-hybridized carbons (Fsp3) is 0.312. The molecule has 1 heterocycles. The number of benzene rings is 1. The van der Waals surface area contributed by atoms with Gasteiger partial charge in [-0.2, -0.15) is 13.2 Å². The Morgan fingerprint density at radius 1 is 1.31 bits per heavy atom. The fourth-order valence-electron chi connectivity index (χ4n) is 2.29. The molecule has 0 fully saturated rings. The van der Waals surface area contributed by atoms with E-state index < -0.39 is 28.8 Å². The van der Waals surface area contributed by atoms with Crippen LogP contribution in [0.25, 0.3) is 0 Å². The van der Waals surface area contributed by atoms with Gasteiger partial charge in [-0.3, -0.25) is 19.1 Å². The van der Waals surface area contributed by atoms with Crippen molar-refractivity contribution < 1.29 is 18.0 Å². The molecule has 1 aromatic carbocycles. The Morgan fingerprint density at radius 3 is 2.62 bits per heavy atom. The number of thioether (sulfide) groups is 1. The molecular formula is C16H16F3N3O3S. The summed E-state index contributed by atoms with van der Waals surface area (Å²) in [7, 11) is 0. The van der Waals surface area contributed by atoms with Crippen molar-refractivity contribution in [3.8, 4) is 0 Å². The highest BCUT2D eigenvalue weighted by atomic mass is 32.2. The molecule has 0 aliphatic rings. The van der Waals surface area contributed by atoms with Crippen LogP contribution in [0.4, 0.5) is 19.0 Å². The number of rotatable bonds is 6. The minimum atomic E-state index is -4.49. The van der Waals surface area contributed by atoms with Crippen LogP contribution in [0.3, 0.4) is 0 Å². The molecule has 2 rings (SSSR count). The number of Topliss-reactive ketones (excluding diaryl/α,β-unsaturated/α-hetero) is 1. The van der Waals surface area contributed by atoms with E-state index in [1.54, 1.807) is 6.92 Å². The number of anilines is 1. The van der Waals surface area contributed by atoms with E-state index in [-0.39, 0.29) is 28.6 Å². The van der Waals surface area contributed by atoms with Gasteiger partial charge in [-0.1, -0.05) is 13.0 Å². The second-order valence-electron chi connectivity index (χ2n) is 5.41. The summed E-state index contributed by atoms with van der Waals surface area (Å²) >= 11 is 0.849. The van der Waals surface area contributed by atoms with Gasteiger partial charge in [0.2, 0.25) is 0 Å². The fourth-order valence-corrected chi connectivity index (χ4v) is 3.11. The molecular weight excluding hydrogens is 371 g/mol. The van der Waals surface area contributed by atoms with E-state index in [0.717, 1.165) is 28.5 Å². The van der Waals surface area contributed by atoms with Gasteiger partial charge in [0.1, 0.15) is 11.4 Å². The third kappa shape index (κ3) is 4.37. The number of ketones is 1. The zero-order valence-corrected chi connectivity index (χ0v) is 14.5. The normalized spacial score (nSPS) is 11.5. The molecule has 0 unspecified atom stereocenters. The van der Waals surface area contributed by atoms with Crippen LogP contribution in [0, 0.1) is 0 Å². The van der Waals surface area contributed by atoms with Gasteiger partial charge in [0, 0.05) is 11.4 Å². The van der Waals surface area contributed by atoms with Crippen molar-refractivity contribution in [2.45, 2.75) is 31.0 Å². The lowest BCUT2D eigenvalue weighted by Crippen LogP contribution is -2.36. The van der Waals surface area contributed by atoms with Crippen LogP contribution in [-0.2, 0) is 12.7 Å².